The van der Waals surface area contributed by atoms with E-state index in [1.54, 1.807) is 0 Å². The van der Waals surface area contributed by atoms with Crippen LogP contribution in [0.3, 0.4) is 0 Å². The molecule has 0 atom stereocenters. The van der Waals surface area contributed by atoms with E-state index in [2.05, 4.69) is 203 Å². The Bertz CT molecular complexity index is 3470. The third-order valence-corrected chi connectivity index (χ3v) is 12.6. The Hall–Kier alpha value is -6.94. The van der Waals surface area contributed by atoms with Crippen molar-refractivity contribution in [2.24, 2.45) is 0 Å². The third-order valence-electron chi connectivity index (χ3n) is 11.5. The van der Waals surface area contributed by atoms with Crippen LogP contribution in [0.2, 0.25) is 0 Å². The van der Waals surface area contributed by atoms with E-state index < -0.39 is 0 Å². The van der Waals surface area contributed by atoms with Gasteiger partial charge < -0.3 is 9.13 Å². The molecule has 0 amide bonds. The highest BCUT2D eigenvalue weighted by molar-refractivity contribution is 7.25. The monoisotopic (exact) mass is 716 g/mol. The molecule has 0 N–H and O–H groups in total. The molecule has 0 saturated heterocycles. The van der Waals surface area contributed by atoms with Crippen molar-refractivity contribution in [2.75, 3.05) is 0 Å². The molecule has 0 radical (unpaired) electrons. The van der Waals surface area contributed by atoms with Gasteiger partial charge >= 0.3 is 0 Å². The Morgan fingerprint density at radius 2 is 0.927 bits per heavy atom. The van der Waals surface area contributed by atoms with Crippen molar-refractivity contribution in [2.45, 2.75) is 0 Å². The second kappa shape index (κ2) is 11.8. The fourth-order valence-electron chi connectivity index (χ4n) is 9.02. The average Bonchev–Trinajstić information content (AvgIpc) is 3.91. The molecule has 256 valence electrons. The summed E-state index contributed by atoms with van der Waals surface area (Å²) in [7, 11) is 0. The van der Waals surface area contributed by atoms with Gasteiger partial charge in [-0.2, -0.15) is 0 Å². The number of benzene rings is 9. The van der Waals surface area contributed by atoms with Crippen LogP contribution in [0, 0.1) is 0 Å². The molecule has 3 heteroatoms. The van der Waals surface area contributed by atoms with Crippen LogP contribution in [0.5, 0.6) is 0 Å². The summed E-state index contributed by atoms with van der Waals surface area (Å²) < 4.78 is 7.56. The van der Waals surface area contributed by atoms with Gasteiger partial charge in [0.1, 0.15) is 0 Å². The van der Waals surface area contributed by atoms with Gasteiger partial charge in [0.25, 0.3) is 0 Å². The molecule has 9 aromatic carbocycles. The topological polar surface area (TPSA) is 9.86 Å². The summed E-state index contributed by atoms with van der Waals surface area (Å²) in [6.45, 7) is 0. The maximum Gasteiger partial charge on any atom is 0.0619 e. The molecule has 2 nitrogen and oxygen atoms in total. The molecule has 3 heterocycles. The number of aromatic nitrogens is 2. The Labute approximate surface area is 321 Å². The van der Waals surface area contributed by atoms with Gasteiger partial charge in [0.2, 0.25) is 0 Å². The van der Waals surface area contributed by atoms with Crippen molar-refractivity contribution >= 4 is 85.9 Å². The molecule has 0 unspecified atom stereocenters. The molecule has 0 aliphatic heterocycles. The standard InChI is InChI=1S/C52H32N2S/c1-2-11-33(12-3-1)34-21-26-38(27-22-34)53-46-29-24-37(32-44(46)41-28-23-35-13-4-5-14-39(35)52(41)53)36-25-30-47-43(31-36)40-15-6-8-17-45(40)54(47)48-18-10-20-50-51(48)42-16-7-9-19-49(42)55-50/h1-32H. The summed E-state index contributed by atoms with van der Waals surface area (Å²) >= 11 is 1.87. The third kappa shape index (κ3) is 4.54. The van der Waals surface area contributed by atoms with Crippen molar-refractivity contribution in [3.8, 4) is 33.6 Å². The predicted molar refractivity (Wildman–Crippen MR) is 236 cm³/mol. The minimum Gasteiger partial charge on any atom is -0.309 e. The van der Waals surface area contributed by atoms with E-state index >= 15 is 0 Å². The van der Waals surface area contributed by atoms with Gasteiger partial charge in [0.05, 0.1) is 27.8 Å². The van der Waals surface area contributed by atoms with E-state index in [4.69, 9.17) is 0 Å². The first-order valence-corrected chi connectivity index (χ1v) is 19.7. The number of hydrogen-bond donors (Lipinski definition) is 0. The maximum absolute atomic E-state index is 2.47. The van der Waals surface area contributed by atoms with Crippen LogP contribution in [-0.4, -0.2) is 9.13 Å². The van der Waals surface area contributed by atoms with Crippen LogP contribution in [0.25, 0.3) is 108 Å². The van der Waals surface area contributed by atoms with Gasteiger partial charge in [-0.1, -0.05) is 133 Å². The molecule has 0 bridgehead atoms. The fraction of sp³-hybridized carbons (Fsp3) is 0. The number of fused-ring (bicyclic) bond motifs is 11. The number of para-hydroxylation sites is 1. The highest BCUT2D eigenvalue weighted by atomic mass is 32.1. The van der Waals surface area contributed by atoms with Gasteiger partial charge in [-0.3, -0.25) is 0 Å². The number of nitrogens with zero attached hydrogens (tertiary/aromatic N) is 2. The van der Waals surface area contributed by atoms with Gasteiger partial charge in [-0.25, -0.2) is 0 Å². The maximum atomic E-state index is 2.47. The lowest BCUT2D eigenvalue weighted by atomic mass is 10.00. The first kappa shape index (κ1) is 30.5. The largest absolute Gasteiger partial charge is 0.309 e. The van der Waals surface area contributed by atoms with Crippen molar-refractivity contribution in [3.63, 3.8) is 0 Å². The second-order valence-electron chi connectivity index (χ2n) is 14.5. The number of thiophene rings is 1. The quantitative estimate of drug-likeness (QED) is 0.172. The van der Waals surface area contributed by atoms with Crippen molar-refractivity contribution in [1.82, 2.24) is 9.13 Å². The van der Waals surface area contributed by atoms with Gasteiger partial charge in [-0.15, -0.1) is 11.3 Å². The molecule has 0 spiro atoms. The molecule has 0 saturated carbocycles. The highest BCUT2D eigenvalue weighted by Crippen LogP contribution is 2.43. The van der Waals surface area contributed by atoms with E-state index in [0.717, 1.165) is 5.69 Å². The van der Waals surface area contributed by atoms with Crippen LogP contribution in [-0.2, 0) is 0 Å². The Kier molecular flexibility index (Phi) is 6.54. The number of rotatable bonds is 4. The van der Waals surface area contributed by atoms with E-state index in [1.165, 1.54) is 102 Å². The summed E-state index contributed by atoms with van der Waals surface area (Å²) in [5.41, 5.74) is 12.1. The van der Waals surface area contributed by atoms with Gasteiger partial charge in [0, 0.05) is 52.8 Å². The zero-order valence-corrected chi connectivity index (χ0v) is 30.6. The van der Waals surface area contributed by atoms with Crippen LogP contribution in [0.15, 0.2) is 194 Å². The molecule has 0 fully saturated rings. The number of hydrogen-bond acceptors (Lipinski definition) is 1. The van der Waals surface area contributed by atoms with Gasteiger partial charge in [-0.05, 0) is 88.3 Å². The molecular weight excluding hydrogens is 685 g/mol. The van der Waals surface area contributed by atoms with Crippen molar-refractivity contribution < 1.29 is 0 Å². The lowest BCUT2D eigenvalue weighted by molar-refractivity contribution is 1.19. The minimum absolute atomic E-state index is 1.16. The SMILES string of the molecule is c1ccc(-c2ccc(-n3c4ccc(-c5ccc6c(c5)c5ccccc5n6-c5cccc6sc7ccccc7c56)cc4c4ccc5ccccc5c43)cc2)cc1. The van der Waals surface area contributed by atoms with Crippen molar-refractivity contribution in [3.05, 3.63) is 194 Å². The molecule has 55 heavy (non-hydrogen) atoms. The first-order chi connectivity index (χ1) is 27.3. The van der Waals surface area contributed by atoms with E-state index in [9.17, 15) is 0 Å². The Morgan fingerprint density at radius 3 is 1.75 bits per heavy atom. The molecule has 3 aromatic heterocycles. The molecule has 12 aromatic rings. The van der Waals surface area contributed by atoms with Crippen molar-refractivity contribution in [1.29, 1.82) is 0 Å². The summed E-state index contributed by atoms with van der Waals surface area (Å²) in [6, 6.07) is 71.4. The molecular formula is C52H32N2S. The normalized spacial score (nSPS) is 12.0. The molecule has 0 aliphatic carbocycles. The zero-order valence-electron chi connectivity index (χ0n) is 29.8. The summed E-state index contributed by atoms with van der Waals surface area (Å²) in [5, 5.41) is 10.2. The smallest absolute Gasteiger partial charge is 0.0619 e. The zero-order chi connectivity index (χ0) is 36.0. The minimum atomic E-state index is 1.16. The summed E-state index contributed by atoms with van der Waals surface area (Å²) in [4.78, 5) is 0. The summed E-state index contributed by atoms with van der Waals surface area (Å²) in [6.07, 6.45) is 0. The Balaban J connectivity index is 1.06. The Morgan fingerprint density at radius 1 is 0.327 bits per heavy atom. The highest BCUT2D eigenvalue weighted by Gasteiger charge is 2.19. The van der Waals surface area contributed by atoms with E-state index in [-0.39, 0.29) is 0 Å². The summed E-state index contributed by atoms with van der Waals surface area (Å²) in [5.74, 6) is 0. The van der Waals surface area contributed by atoms with Crippen LogP contribution >= 0.6 is 11.3 Å². The van der Waals surface area contributed by atoms with E-state index in [1.807, 2.05) is 11.3 Å². The lowest BCUT2D eigenvalue weighted by Crippen LogP contribution is -1.95. The van der Waals surface area contributed by atoms with Gasteiger partial charge in [0.15, 0.2) is 0 Å². The van der Waals surface area contributed by atoms with Crippen LogP contribution in [0.1, 0.15) is 0 Å². The molecule has 12 rings (SSSR count). The second-order valence-corrected chi connectivity index (χ2v) is 15.6. The van der Waals surface area contributed by atoms with Crippen LogP contribution < -0.4 is 0 Å². The molecule has 0 aliphatic rings. The lowest BCUT2D eigenvalue weighted by Gasteiger charge is -2.12. The van der Waals surface area contributed by atoms with Crippen LogP contribution in [0.4, 0.5) is 0 Å². The predicted octanol–water partition coefficient (Wildman–Crippen LogP) is 14.7. The fourth-order valence-corrected chi connectivity index (χ4v) is 10.1. The van der Waals surface area contributed by atoms with E-state index in [0.29, 0.717) is 0 Å². The average molecular weight is 717 g/mol. The first-order valence-electron chi connectivity index (χ1n) is 18.8.